The molecule has 0 spiro atoms. The molecule has 3 amide bonds. The van der Waals surface area contributed by atoms with Gasteiger partial charge in [-0.15, -0.1) is 0 Å². The Morgan fingerprint density at radius 1 is 0.927 bits per heavy atom. The average Bonchev–Trinajstić information content (AvgIpc) is 3.40. The number of ether oxygens (including phenoxy) is 1. The number of amides is 3. The van der Waals surface area contributed by atoms with Crippen molar-refractivity contribution >= 4 is 44.8 Å². The van der Waals surface area contributed by atoms with Crippen LogP contribution in [-0.2, 0) is 40.0 Å². The maximum Gasteiger partial charge on any atom is 0.332 e. The molecule has 1 aromatic carbocycles. The summed E-state index contributed by atoms with van der Waals surface area (Å²) in [5.41, 5.74) is 10.3. The van der Waals surface area contributed by atoms with Gasteiger partial charge in [-0.05, 0) is 35.4 Å². The lowest BCUT2D eigenvalue weighted by Gasteiger charge is -2.18. The zero-order chi connectivity index (χ0) is 31.0. The Morgan fingerprint density at radius 2 is 1.46 bits per heavy atom. The van der Waals surface area contributed by atoms with Gasteiger partial charge in [0, 0.05) is 26.3 Å². The summed E-state index contributed by atoms with van der Waals surface area (Å²) in [6, 6.07) is 4.92. The molecule has 9 N–H and O–H groups in total. The molecule has 2 aromatic rings. The highest BCUT2D eigenvalue weighted by Crippen LogP contribution is 2.47. The molecule has 17 nitrogen and oxygen atoms in total. The van der Waals surface area contributed by atoms with E-state index in [0.29, 0.717) is 0 Å². The van der Waals surface area contributed by atoms with Crippen LogP contribution in [0.25, 0.3) is 0 Å². The van der Waals surface area contributed by atoms with Crippen molar-refractivity contribution in [1.29, 1.82) is 0 Å². The van der Waals surface area contributed by atoms with Crippen LogP contribution >= 0.6 is 15.2 Å². The van der Waals surface area contributed by atoms with Crippen LogP contribution in [0.15, 0.2) is 35.3 Å². The monoisotopic (exact) mass is 616 g/mol. The van der Waals surface area contributed by atoms with Gasteiger partial charge in [-0.2, -0.15) is 4.99 Å². The fourth-order valence-corrected chi connectivity index (χ4v) is 4.91. The van der Waals surface area contributed by atoms with Crippen LogP contribution in [0.4, 0.5) is 0 Å². The van der Waals surface area contributed by atoms with Gasteiger partial charge in [-0.1, -0.05) is 6.07 Å². The number of aromatic nitrogens is 1. The van der Waals surface area contributed by atoms with E-state index in [4.69, 9.17) is 16.2 Å². The topological polar surface area (TPSA) is 275 Å². The minimum Gasteiger partial charge on any atom is -0.467 e. The first-order valence-corrected chi connectivity index (χ1v) is 15.0. The van der Waals surface area contributed by atoms with Gasteiger partial charge in [0.2, 0.25) is 0 Å². The predicted molar refractivity (Wildman–Crippen MR) is 144 cm³/mol. The summed E-state index contributed by atoms with van der Waals surface area (Å²) in [5, 5.41) is 4.79. The van der Waals surface area contributed by atoms with Crippen LogP contribution in [0, 0.1) is 0 Å². The quantitative estimate of drug-likeness (QED) is 0.0665. The number of nitrogens with one attached hydrogen (secondary N) is 3. The molecule has 224 valence electrons. The normalized spacial score (nSPS) is 14.6. The van der Waals surface area contributed by atoms with E-state index in [2.05, 4.69) is 29.7 Å². The van der Waals surface area contributed by atoms with Crippen LogP contribution in [0.5, 0.6) is 0 Å². The van der Waals surface area contributed by atoms with E-state index in [1.807, 2.05) is 0 Å². The first-order valence-electron chi connectivity index (χ1n) is 11.5. The highest BCUT2D eigenvalue weighted by molar-refractivity contribution is 7.52. The summed E-state index contributed by atoms with van der Waals surface area (Å²) in [4.78, 5) is 75.5. The molecule has 2 rings (SSSR count). The number of esters is 1. The molecule has 0 aliphatic heterocycles. The van der Waals surface area contributed by atoms with E-state index in [1.54, 1.807) is 0 Å². The molecule has 1 aromatic heterocycles. The van der Waals surface area contributed by atoms with Gasteiger partial charge in [0.05, 0.1) is 19.4 Å². The summed E-state index contributed by atoms with van der Waals surface area (Å²) < 4.78 is 38.1. The molecule has 41 heavy (non-hydrogen) atoms. The van der Waals surface area contributed by atoms with Gasteiger partial charge in [-0.3, -0.25) is 23.5 Å². The first kappa shape index (κ1) is 33.4. The number of aromatic amines is 1. The number of carbonyl (C=O) groups is 4. The first-order chi connectivity index (χ1) is 19.1. The van der Waals surface area contributed by atoms with E-state index in [9.17, 15) is 38.1 Å². The second-order valence-electron chi connectivity index (χ2n) is 8.38. The highest BCUT2D eigenvalue weighted by Gasteiger charge is 2.26. The Balaban J connectivity index is 2.26. The number of rotatable bonds is 13. The summed E-state index contributed by atoms with van der Waals surface area (Å²) in [7, 11) is -5.08. The second-order valence-corrected chi connectivity index (χ2v) is 12.3. The summed E-state index contributed by atoms with van der Waals surface area (Å²) >= 11 is 0. The number of nitrogens with two attached hydrogens (primary N) is 2. The maximum absolute atomic E-state index is 13.1. The van der Waals surface area contributed by atoms with Crippen molar-refractivity contribution in [2.24, 2.45) is 16.5 Å². The molecule has 1 heterocycles. The number of guanidine groups is 1. The van der Waals surface area contributed by atoms with Crippen LogP contribution in [0.1, 0.15) is 42.5 Å². The Labute approximate surface area is 233 Å². The Kier molecular flexibility index (Phi) is 11.5. The third-order valence-corrected chi connectivity index (χ3v) is 7.97. The second kappa shape index (κ2) is 14.2. The van der Waals surface area contributed by atoms with Crippen LogP contribution in [0.3, 0.4) is 0 Å². The smallest absolute Gasteiger partial charge is 0.332 e. The molecule has 0 aliphatic carbocycles. The number of carbonyl (C=O) groups excluding carboxylic acids is 4. The van der Waals surface area contributed by atoms with Crippen molar-refractivity contribution in [1.82, 2.24) is 15.6 Å². The Bertz CT molecular complexity index is 1390. The van der Waals surface area contributed by atoms with Crippen molar-refractivity contribution < 1.29 is 51.9 Å². The van der Waals surface area contributed by atoms with Crippen molar-refractivity contribution in [2.45, 2.75) is 18.4 Å². The number of nitrogens with zero attached hydrogens (tertiary/aromatic N) is 1. The van der Waals surface area contributed by atoms with Gasteiger partial charge in [0.25, 0.3) is 17.7 Å². The number of hydrogen-bond donors (Lipinski definition) is 7. The number of hydrogen-bond acceptors (Lipinski definition) is 9. The van der Waals surface area contributed by atoms with Crippen molar-refractivity contribution in [3.05, 3.63) is 58.4 Å². The fourth-order valence-electron chi connectivity index (χ4n) is 3.36. The van der Waals surface area contributed by atoms with Gasteiger partial charge in [0.1, 0.15) is 17.4 Å². The minimum atomic E-state index is -4.09. The van der Waals surface area contributed by atoms with Crippen molar-refractivity contribution in [3.8, 4) is 0 Å². The van der Waals surface area contributed by atoms with E-state index in [0.717, 1.165) is 21.3 Å². The minimum absolute atomic E-state index is 0.0791. The van der Waals surface area contributed by atoms with Crippen molar-refractivity contribution in [3.63, 3.8) is 0 Å². The lowest BCUT2D eigenvalue weighted by Crippen LogP contribution is -2.49. The third-order valence-electron chi connectivity index (χ3n) is 5.30. The number of benzene rings is 1. The maximum atomic E-state index is 13.1. The molecule has 0 fully saturated rings. The van der Waals surface area contributed by atoms with Gasteiger partial charge < -0.3 is 50.7 Å². The summed E-state index contributed by atoms with van der Waals surface area (Å²) in [6.45, 7) is -0.453. The third kappa shape index (κ3) is 10.2. The molecular weight excluding hydrogens is 586 g/mol. The molecule has 0 saturated heterocycles. The van der Waals surface area contributed by atoms with E-state index < -0.39 is 69.8 Å². The molecule has 2 unspecified atom stereocenters. The predicted octanol–water partition coefficient (Wildman–Crippen LogP) is -0.207. The molecule has 0 aliphatic rings. The summed E-state index contributed by atoms with van der Waals surface area (Å²) in [5.74, 6) is -3.85. The van der Waals surface area contributed by atoms with Gasteiger partial charge in [-0.25, -0.2) is 4.79 Å². The largest absolute Gasteiger partial charge is 0.467 e. The molecule has 0 radical (unpaired) electrons. The molecule has 3 atom stereocenters. The molecule has 19 heteroatoms. The van der Waals surface area contributed by atoms with Crippen LogP contribution < -0.4 is 22.1 Å². The standard InChI is InChI=1S/C22H30N6O11P2/c1-37-21(32)17(9-25-19(30)15-4-5-16(26-15)20(31)28-22(23)24)27-18(29)14-7-12(10-40(33,34)38-2)6-13(8-14)11-41(35,36)39-3/h4-8,17,26H,9-11H2,1-3H3,(H,25,30)(H,27,29)(H,33,34)(H,35,36)(H4,23,24,28,31)/t17-/m0/s1. The number of methoxy groups -OCH3 is 1. The highest BCUT2D eigenvalue weighted by atomic mass is 31.2. The van der Waals surface area contributed by atoms with E-state index >= 15 is 0 Å². The average molecular weight is 616 g/mol. The lowest BCUT2D eigenvalue weighted by molar-refractivity contribution is -0.142. The van der Waals surface area contributed by atoms with E-state index in [1.165, 1.54) is 30.3 Å². The fraction of sp³-hybridized carbons (Fsp3) is 0.318. The number of H-pyrrole nitrogens is 1. The summed E-state index contributed by atoms with van der Waals surface area (Å²) in [6.07, 6.45) is -1.05. The van der Waals surface area contributed by atoms with Crippen molar-refractivity contribution in [2.75, 3.05) is 27.9 Å². The Morgan fingerprint density at radius 3 is 1.95 bits per heavy atom. The molecule has 0 saturated carbocycles. The number of aliphatic imine (C=N–C) groups is 1. The lowest BCUT2D eigenvalue weighted by atomic mass is 10.1. The van der Waals surface area contributed by atoms with Crippen LogP contribution in [0.2, 0.25) is 0 Å². The van der Waals surface area contributed by atoms with Gasteiger partial charge in [0.15, 0.2) is 5.96 Å². The van der Waals surface area contributed by atoms with E-state index in [-0.39, 0.29) is 28.1 Å². The van der Waals surface area contributed by atoms with Gasteiger partial charge >= 0.3 is 21.2 Å². The Hall–Kier alpha value is -3.85. The van der Waals surface area contributed by atoms with Crippen LogP contribution in [-0.4, -0.2) is 78.3 Å². The zero-order valence-electron chi connectivity index (χ0n) is 22.2. The molecular formula is C22H30N6O11P2. The molecule has 0 bridgehead atoms. The SMILES string of the molecule is COC(=O)[C@H](CNC(=O)c1ccc(C(=O)N=C(N)N)[nH]1)NC(=O)c1cc(CP(=O)(O)OC)cc(CP(=O)(O)OC)c1. The zero-order valence-corrected chi connectivity index (χ0v) is 23.9.